The monoisotopic (exact) mass is 1830 g/mol. The zero-order chi connectivity index (χ0) is 92.0. The number of amides is 4. The zero-order valence-electron chi connectivity index (χ0n) is 73.5. The van der Waals surface area contributed by atoms with E-state index in [1.165, 1.54) is 73.7 Å². The fourth-order valence-electron chi connectivity index (χ4n) is 15.4. The summed E-state index contributed by atoms with van der Waals surface area (Å²) in [5.74, 6) is -1.34. The number of aryl methyl sites for hydroxylation is 3. The number of hydrogen-bond acceptors (Lipinski definition) is 15. The minimum atomic E-state index is -4.13. The van der Waals surface area contributed by atoms with E-state index in [0.717, 1.165) is 51.0 Å². The number of Topliss-reactive ketones (excluding diaryl/α,β-unsaturated/α-hetero) is 1. The third kappa shape index (κ3) is 22.5. The van der Waals surface area contributed by atoms with Crippen molar-refractivity contribution in [2.45, 2.75) is 157 Å². The van der Waals surface area contributed by atoms with Gasteiger partial charge < -0.3 is 35.2 Å². The molecule has 2 atom stereocenters. The van der Waals surface area contributed by atoms with E-state index in [2.05, 4.69) is 130 Å². The molecule has 0 fully saturated rings. The first-order valence-electron chi connectivity index (χ1n) is 41.7. The molecule has 0 saturated heterocycles. The van der Waals surface area contributed by atoms with Crippen molar-refractivity contribution in [1.29, 1.82) is 0 Å². The summed E-state index contributed by atoms with van der Waals surface area (Å²) < 4.78 is 42.2. The Bertz CT molecular complexity index is 6340. The molecule has 4 amide bonds. The van der Waals surface area contributed by atoms with Crippen LogP contribution < -0.4 is 39.9 Å². The van der Waals surface area contributed by atoms with Gasteiger partial charge in [0.05, 0.1) is 54.7 Å². The van der Waals surface area contributed by atoms with Crippen molar-refractivity contribution < 1.29 is 46.7 Å². The molecule has 12 aromatic rings. The first kappa shape index (κ1) is 95.7. The van der Waals surface area contributed by atoms with Crippen molar-refractivity contribution >= 4 is 165 Å². The number of benzene rings is 10. The van der Waals surface area contributed by atoms with Crippen LogP contribution >= 0.6 is 58.0 Å². The Morgan fingerprint density at radius 1 is 0.591 bits per heavy atom. The molecule has 660 valence electrons. The second-order valence-corrected chi connectivity index (χ2v) is 36.2. The molecular weight excluding hydrogens is 1730 g/mol. The third-order valence-electron chi connectivity index (χ3n) is 21.7. The number of likely N-dealkylation sites (N-methyl/N-ethyl adjacent to an activating group) is 1. The Morgan fingerprint density at radius 2 is 1.16 bits per heavy atom. The van der Waals surface area contributed by atoms with Crippen LogP contribution in [0.3, 0.4) is 0 Å². The van der Waals surface area contributed by atoms with Gasteiger partial charge in [-0.15, -0.1) is 10.2 Å². The van der Waals surface area contributed by atoms with E-state index in [-0.39, 0.29) is 71.9 Å². The minimum absolute atomic E-state index is 0.00563. The summed E-state index contributed by atoms with van der Waals surface area (Å²) in [6.45, 7) is 31.7. The number of ether oxygens (including phenoxy) is 2. The fraction of sp³-hybridized carbons (Fsp3) is 0.273. The number of rotatable bonds is 22. The number of carbonyl (C=O) groups is 6. The predicted octanol–water partition coefficient (Wildman–Crippen LogP) is 23.3. The molecule has 0 bridgehead atoms. The third-order valence-corrected chi connectivity index (χ3v) is 24.5. The van der Waals surface area contributed by atoms with Crippen molar-refractivity contribution in [2.75, 3.05) is 50.2 Å². The van der Waals surface area contributed by atoms with E-state index >= 15 is 0 Å². The average molecular weight is 1830 g/mol. The topological polar surface area (TPSA) is 271 Å². The van der Waals surface area contributed by atoms with Crippen LogP contribution in [0, 0.1) is 26.2 Å². The number of aromatic nitrogens is 6. The molecule has 2 aromatic heterocycles. The molecule has 2 unspecified atom stereocenters. The van der Waals surface area contributed by atoms with E-state index in [0.29, 0.717) is 65.2 Å². The highest BCUT2D eigenvalue weighted by Gasteiger charge is 2.43. The lowest BCUT2D eigenvalue weighted by Gasteiger charge is -2.26. The highest BCUT2D eigenvalue weighted by molar-refractivity contribution is 7.92. The second kappa shape index (κ2) is 41.7. The van der Waals surface area contributed by atoms with Gasteiger partial charge in [-0.1, -0.05) is 240 Å². The van der Waals surface area contributed by atoms with Gasteiger partial charge in [0.1, 0.15) is 22.5 Å². The number of nitrogens with zero attached hydrogens (tertiary/aromatic N) is 8. The van der Waals surface area contributed by atoms with E-state index < -0.39 is 45.2 Å². The summed E-state index contributed by atoms with van der Waals surface area (Å²) in [6, 6.07) is 59.9. The smallest absolute Gasteiger partial charge is 0.308 e. The number of para-hydroxylation sites is 4. The molecule has 2 aliphatic heterocycles. The molecule has 0 spiro atoms. The van der Waals surface area contributed by atoms with Gasteiger partial charge in [0.25, 0.3) is 27.7 Å². The lowest BCUT2D eigenvalue weighted by Crippen LogP contribution is -2.42. The summed E-state index contributed by atoms with van der Waals surface area (Å²) in [5.41, 5.74) is 16.0. The van der Waals surface area contributed by atoms with Crippen LogP contribution in [0.2, 0.25) is 25.1 Å². The van der Waals surface area contributed by atoms with Crippen LogP contribution in [-0.2, 0) is 56.0 Å². The average Bonchev–Trinajstić information content (AvgIpc) is 1.59. The van der Waals surface area contributed by atoms with Crippen LogP contribution in [0.25, 0.3) is 27.6 Å². The number of anilines is 6. The molecule has 3 aliphatic rings. The molecule has 127 heavy (non-hydrogen) atoms. The Hall–Kier alpha value is -12.0. The Labute approximate surface area is 766 Å². The maximum Gasteiger partial charge on any atom is 0.308 e. The van der Waals surface area contributed by atoms with E-state index in [9.17, 15) is 37.2 Å². The lowest BCUT2D eigenvalue weighted by atomic mass is 9.80. The molecule has 10 aromatic carbocycles. The van der Waals surface area contributed by atoms with Crippen LogP contribution in [0.1, 0.15) is 153 Å². The highest BCUT2D eigenvalue weighted by Crippen LogP contribution is 2.51. The van der Waals surface area contributed by atoms with Crippen LogP contribution in [0.5, 0.6) is 11.5 Å². The summed E-state index contributed by atoms with van der Waals surface area (Å²) in [6.07, 6.45) is 9.23. The normalized spacial score (nSPS) is 14.2. The van der Waals surface area contributed by atoms with Crippen LogP contribution in [-0.4, -0.2) is 93.5 Å². The SMILES string of the molecule is CC.CC(=O)Oc1ccccc1.CCC1=C(/C=C/C=C2\N(CC)c3ccc(Cl)cc3C2(C)C)C(C)(C)c2cc(Cl)ccc21.Cc1ccc(Cl)c(NS(=O)(=O)c2ccc(Cl)c(NC(=O)C(C(=O)N3CCc4ccccc43)n3nnc4ccccc43)c2)c1.Cc1ccc(OCCCC(=O)Nc2ccc(Cl)c(NC(=O)C(C(=O)C(C)(C)C)n3nnc4ccccc43)c2)c(C)c1. The molecule has 15 rings (SSSR count). The van der Waals surface area contributed by atoms with Crippen molar-refractivity contribution in [3.8, 4) is 11.5 Å². The van der Waals surface area contributed by atoms with Gasteiger partial charge in [-0.3, -0.25) is 33.5 Å². The van der Waals surface area contributed by atoms with Gasteiger partial charge in [-0.05, 0) is 225 Å². The predicted molar refractivity (Wildman–Crippen MR) is 512 cm³/mol. The summed E-state index contributed by atoms with van der Waals surface area (Å²) in [7, 11) is -4.13. The zero-order valence-corrected chi connectivity index (χ0v) is 78.1. The molecular formula is C99H103Cl5N12O10S. The molecule has 0 saturated carbocycles. The van der Waals surface area contributed by atoms with Gasteiger partial charge in [-0.25, -0.2) is 17.8 Å². The number of hydrogen-bond donors (Lipinski definition) is 4. The minimum Gasteiger partial charge on any atom is -0.493 e. The standard InChI is InChI=1S/C31H34ClN5O4.C30H24Cl2N6O4S.C28H31Cl2N.C8H8O2.C2H6/c1-19-12-15-26(20(2)17-19)41-16-8-11-27(38)33-21-13-14-22(32)24(18-21)34-30(40)28(29(39)31(3,4)5)37-25-10-7-6-9-23(25)35-36-37;1-18-10-12-22(32)25(16-18)35-43(41,42)20-11-13-21(31)24(17-20)33-29(39)28(38-27-9-5-3-7-23(27)34-36-38)30(40)37-15-14-19-6-2-4-8-26(19)37;1-7-20-21-14-12-18(29)16-23(21)27(3,4)22(20)10-9-11-26-28(5,6)24-17-19(30)13-15-25(24)31(26)8-2;1-7(9)10-8-5-3-2-4-6-8;1-2/h6-7,9-10,12-15,17-18,28H,8,11,16H2,1-5H3,(H,33,38)(H,34,40);2-13,16-17,28,35H,14-15H2,1H3,(H,33,39);9-17H,7-8H2,1-6H3;2-6H,1H3;1-2H3/b;;10-9+,26-11-;;. The maximum atomic E-state index is 14.1. The number of fused-ring (bicyclic) bond motifs is 5. The lowest BCUT2D eigenvalue weighted by molar-refractivity contribution is -0.136. The van der Waals surface area contributed by atoms with E-state index in [4.69, 9.17) is 67.5 Å². The van der Waals surface area contributed by atoms with Gasteiger partial charge in [-0.2, -0.15) is 0 Å². The fourth-order valence-corrected chi connectivity index (χ4v) is 17.4. The van der Waals surface area contributed by atoms with E-state index in [1.54, 1.807) is 130 Å². The van der Waals surface area contributed by atoms with Gasteiger partial charge in [0, 0.05) is 75.5 Å². The van der Waals surface area contributed by atoms with Gasteiger partial charge in [0.15, 0.2) is 11.8 Å². The molecule has 28 heteroatoms. The molecule has 22 nitrogen and oxygen atoms in total. The summed E-state index contributed by atoms with van der Waals surface area (Å²) in [5, 5.41) is 26.9. The van der Waals surface area contributed by atoms with Crippen LogP contribution in [0.4, 0.5) is 34.1 Å². The second-order valence-electron chi connectivity index (χ2n) is 32.4. The number of sulfonamides is 1. The Balaban J connectivity index is 0.000000175. The highest BCUT2D eigenvalue weighted by atomic mass is 35.5. The van der Waals surface area contributed by atoms with Crippen LogP contribution in [0.15, 0.2) is 247 Å². The van der Waals surface area contributed by atoms with Crippen molar-refractivity contribution in [1.82, 2.24) is 30.0 Å². The number of halogens is 5. The summed E-state index contributed by atoms with van der Waals surface area (Å²) >= 11 is 31.7. The van der Waals surface area contributed by atoms with Crippen molar-refractivity contribution in [3.05, 3.63) is 306 Å². The number of allylic oxidation sites excluding steroid dienone is 6. The number of ketones is 1. The molecule has 0 radical (unpaired) electrons. The van der Waals surface area contributed by atoms with Gasteiger partial charge in [0.2, 0.25) is 11.9 Å². The van der Waals surface area contributed by atoms with Crippen molar-refractivity contribution in [3.63, 3.8) is 0 Å². The van der Waals surface area contributed by atoms with Gasteiger partial charge >= 0.3 is 5.97 Å². The molecule has 1 aliphatic carbocycles. The first-order valence-corrected chi connectivity index (χ1v) is 45.1. The Morgan fingerprint density at radius 3 is 1.80 bits per heavy atom. The first-order chi connectivity index (χ1) is 60.5. The number of esters is 1. The molecule has 4 N–H and O–H groups in total. The summed E-state index contributed by atoms with van der Waals surface area (Å²) in [4.78, 5) is 81.8. The maximum absolute atomic E-state index is 14.1. The molecule has 4 heterocycles. The van der Waals surface area contributed by atoms with E-state index in [1.807, 2.05) is 100 Å². The Kier molecular flexibility index (Phi) is 31.4. The number of nitrogens with one attached hydrogen (secondary N) is 4. The van der Waals surface area contributed by atoms with Crippen molar-refractivity contribution in [2.24, 2.45) is 5.41 Å². The number of carbonyl (C=O) groups excluding carboxylic acids is 6. The quantitative estimate of drug-likeness (QED) is 0.0213. The largest absolute Gasteiger partial charge is 0.493 e.